The van der Waals surface area contributed by atoms with E-state index in [0.29, 0.717) is 0 Å². The minimum atomic E-state index is -1.82. The molecular formula is C26H29NO5. The van der Waals surface area contributed by atoms with Crippen LogP contribution in [-0.4, -0.2) is 33.8 Å². The maximum Gasteiger partial charge on any atom is 0.414 e. The van der Waals surface area contributed by atoms with Crippen molar-refractivity contribution in [2.24, 2.45) is 5.73 Å². The summed E-state index contributed by atoms with van der Waals surface area (Å²) in [6.07, 6.45) is 3.46. The number of rotatable bonds is 8. The third kappa shape index (κ3) is 8.34. The van der Waals surface area contributed by atoms with Gasteiger partial charge in [0.05, 0.1) is 6.10 Å². The molecule has 168 valence electrons. The Bertz CT molecular complexity index is 978. The number of carboxylic acid groups (broad SMARTS) is 2. The molecule has 0 aliphatic rings. The Hall–Kier alpha value is -3.48. The number of aliphatic hydroxyl groups is 1. The molecule has 0 bridgehead atoms. The Morgan fingerprint density at radius 2 is 1.28 bits per heavy atom. The number of benzene rings is 3. The Balaban J connectivity index is 0.000000534. The van der Waals surface area contributed by atoms with E-state index in [4.69, 9.17) is 25.5 Å². The molecule has 0 saturated heterocycles. The van der Waals surface area contributed by atoms with Gasteiger partial charge in [-0.15, -0.1) is 0 Å². The lowest BCUT2D eigenvalue weighted by molar-refractivity contribution is -0.159. The highest BCUT2D eigenvalue weighted by molar-refractivity contribution is 6.27. The van der Waals surface area contributed by atoms with Crippen molar-refractivity contribution in [3.05, 3.63) is 107 Å². The van der Waals surface area contributed by atoms with Gasteiger partial charge < -0.3 is 21.1 Å². The van der Waals surface area contributed by atoms with E-state index in [1.54, 1.807) is 0 Å². The van der Waals surface area contributed by atoms with Crippen LogP contribution >= 0.6 is 0 Å². The van der Waals surface area contributed by atoms with E-state index in [9.17, 15) is 5.11 Å². The number of carboxylic acids is 2. The average molecular weight is 436 g/mol. The van der Waals surface area contributed by atoms with Gasteiger partial charge in [-0.1, -0.05) is 78.9 Å². The van der Waals surface area contributed by atoms with E-state index in [2.05, 4.69) is 66.7 Å². The summed E-state index contributed by atoms with van der Waals surface area (Å²) in [5, 5.41) is 25.1. The molecule has 5 N–H and O–H groups in total. The smallest absolute Gasteiger partial charge is 0.414 e. The van der Waals surface area contributed by atoms with Crippen LogP contribution in [0.3, 0.4) is 0 Å². The summed E-state index contributed by atoms with van der Waals surface area (Å²) in [7, 11) is 0. The highest BCUT2D eigenvalue weighted by Gasteiger charge is 2.12. The van der Waals surface area contributed by atoms with E-state index < -0.39 is 18.0 Å². The van der Waals surface area contributed by atoms with Crippen molar-refractivity contribution < 1.29 is 24.9 Å². The van der Waals surface area contributed by atoms with Crippen LogP contribution < -0.4 is 5.73 Å². The van der Waals surface area contributed by atoms with E-state index in [1.807, 2.05) is 12.1 Å². The van der Waals surface area contributed by atoms with Crippen LogP contribution in [0.5, 0.6) is 0 Å². The summed E-state index contributed by atoms with van der Waals surface area (Å²) < 4.78 is 0. The van der Waals surface area contributed by atoms with Crippen molar-refractivity contribution in [3.8, 4) is 0 Å². The fourth-order valence-corrected chi connectivity index (χ4v) is 3.38. The SMILES string of the molecule is NCC(O)c1ccc(CCCc2ccccc2)cc1Cc1ccccc1.O=C(O)C(=O)O. The van der Waals surface area contributed by atoms with Gasteiger partial charge in [-0.2, -0.15) is 0 Å². The summed E-state index contributed by atoms with van der Waals surface area (Å²) in [5.41, 5.74) is 11.8. The number of hydrogen-bond acceptors (Lipinski definition) is 4. The van der Waals surface area contributed by atoms with Crippen LogP contribution in [0.2, 0.25) is 0 Å². The molecule has 1 atom stereocenters. The van der Waals surface area contributed by atoms with Gasteiger partial charge in [0.25, 0.3) is 0 Å². The maximum absolute atomic E-state index is 10.3. The first-order valence-electron chi connectivity index (χ1n) is 10.4. The molecule has 0 saturated carbocycles. The lowest BCUT2D eigenvalue weighted by Gasteiger charge is -2.16. The number of nitrogens with two attached hydrogens (primary N) is 1. The molecule has 0 aliphatic carbocycles. The standard InChI is InChI=1S/C24H27NO.C2H2O4/c25-18-24(26)23-15-14-21(13-7-12-19-8-3-1-4-9-19)17-22(23)16-20-10-5-2-6-11-20;3-1(4)2(5)6/h1-6,8-11,14-15,17,24,26H,7,12-13,16,18,25H2;(H,3,4)(H,5,6). The highest BCUT2D eigenvalue weighted by atomic mass is 16.4. The van der Waals surface area contributed by atoms with Crippen molar-refractivity contribution in [2.75, 3.05) is 6.54 Å². The summed E-state index contributed by atoms with van der Waals surface area (Å²) in [6, 6.07) is 27.4. The molecule has 32 heavy (non-hydrogen) atoms. The van der Waals surface area contributed by atoms with E-state index in [0.717, 1.165) is 31.2 Å². The van der Waals surface area contributed by atoms with Gasteiger partial charge in [-0.05, 0) is 53.5 Å². The zero-order valence-corrected chi connectivity index (χ0v) is 17.9. The Labute approximate surface area is 188 Å². The lowest BCUT2D eigenvalue weighted by atomic mass is 9.93. The average Bonchev–Trinajstić information content (AvgIpc) is 2.80. The fourth-order valence-electron chi connectivity index (χ4n) is 3.38. The largest absolute Gasteiger partial charge is 0.473 e. The quantitative estimate of drug-likeness (QED) is 0.401. The fraction of sp³-hybridized carbons (Fsp3) is 0.231. The minimum absolute atomic E-state index is 0.245. The van der Waals surface area contributed by atoms with Gasteiger partial charge in [0.2, 0.25) is 0 Å². The first kappa shape index (κ1) is 24.8. The number of carbonyl (C=O) groups is 2. The van der Waals surface area contributed by atoms with Crippen LogP contribution in [0.15, 0.2) is 78.9 Å². The second-order valence-electron chi connectivity index (χ2n) is 7.40. The summed E-state index contributed by atoms with van der Waals surface area (Å²) >= 11 is 0. The van der Waals surface area contributed by atoms with Crippen molar-refractivity contribution >= 4 is 11.9 Å². The van der Waals surface area contributed by atoms with Crippen LogP contribution in [-0.2, 0) is 28.9 Å². The normalized spacial score (nSPS) is 11.2. The predicted molar refractivity (Wildman–Crippen MR) is 123 cm³/mol. The first-order chi connectivity index (χ1) is 15.4. The van der Waals surface area contributed by atoms with Crippen molar-refractivity contribution in [1.29, 1.82) is 0 Å². The topological polar surface area (TPSA) is 121 Å². The molecule has 0 heterocycles. The summed E-state index contributed by atoms with van der Waals surface area (Å²) in [5.74, 6) is -3.65. The molecule has 3 aromatic rings. The van der Waals surface area contributed by atoms with Crippen molar-refractivity contribution in [3.63, 3.8) is 0 Å². The molecule has 0 radical (unpaired) electrons. The second-order valence-corrected chi connectivity index (χ2v) is 7.40. The second kappa shape index (κ2) is 13.0. The van der Waals surface area contributed by atoms with E-state index in [-0.39, 0.29) is 6.54 Å². The van der Waals surface area contributed by atoms with Gasteiger partial charge >= 0.3 is 11.9 Å². The molecule has 3 rings (SSSR count). The predicted octanol–water partition coefficient (Wildman–Crippen LogP) is 3.60. The van der Waals surface area contributed by atoms with E-state index >= 15 is 0 Å². The number of aliphatic carboxylic acids is 2. The number of aryl methyl sites for hydroxylation is 2. The minimum Gasteiger partial charge on any atom is -0.473 e. The molecule has 0 spiro atoms. The lowest BCUT2D eigenvalue weighted by Crippen LogP contribution is -2.14. The van der Waals surface area contributed by atoms with Crippen LogP contribution in [0, 0.1) is 0 Å². The summed E-state index contributed by atoms with van der Waals surface area (Å²) in [4.78, 5) is 18.2. The Morgan fingerprint density at radius 3 is 1.81 bits per heavy atom. The third-order valence-electron chi connectivity index (χ3n) is 4.98. The van der Waals surface area contributed by atoms with Crippen molar-refractivity contribution in [1.82, 2.24) is 0 Å². The van der Waals surface area contributed by atoms with Gasteiger partial charge in [-0.3, -0.25) is 0 Å². The molecular weight excluding hydrogens is 406 g/mol. The van der Waals surface area contributed by atoms with Crippen LogP contribution in [0.4, 0.5) is 0 Å². The molecule has 0 fully saturated rings. The number of aliphatic hydroxyl groups excluding tert-OH is 1. The third-order valence-corrected chi connectivity index (χ3v) is 4.98. The zero-order valence-electron chi connectivity index (χ0n) is 17.9. The highest BCUT2D eigenvalue weighted by Crippen LogP contribution is 2.23. The summed E-state index contributed by atoms with van der Waals surface area (Å²) in [6.45, 7) is 0.245. The molecule has 1 unspecified atom stereocenters. The van der Waals surface area contributed by atoms with Crippen molar-refractivity contribution in [2.45, 2.75) is 31.8 Å². The molecule has 3 aromatic carbocycles. The Kier molecular flexibility index (Phi) is 10.1. The van der Waals surface area contributed by atoms with Crippen LogP contribution in [0.1, 0.15) is 40.3 Å². The number of hydrogen-bond donors (Lipinski definition) is 4. The van der Waals surface area contributed by atoms with Gasteiger partial charge in [0.15, 0.2) is 0 Å². The molecule has 0 amide bonds. The maximum atomic E-state index is 10.3. The Morgan fingerprint density at radius 1 is 0.750 bits per heavy atom. The van der Waals surface area contributed by atoms with E-state index in [1.165, 1.54) is 22.3 Å². The van der Waals surface area contributed by atoms with Gasteiger partial charge in [-0.25, -0.2) is 9.59 Å². The van der Waals surface area contributed by atoms with Crippen LogP contribution in [0.25, 0.3) is 0 Å². The molecule has 6 heteroatoms. The molecule has 6 nitrogen and oxygen atoms in total. The van der Waals surface area contributed by atoms with Gasteiger partial charge in [0.1, 0.15) is 0 Å². The van der Waals surface area contributed by atoms with Gasteiger partial charge in [0, 0.05) is 6.54 Å². The zero-order chi connectivity index (χ0) is 23.3. The molecule has 0 aromatic heterocycles. The first-order valence-corrected chi connectivity index (χ1v) is 10.4. The molecule has 0 aliphatic heterocycles. The monoisotopic (exact) mass is 435 g/mol.